The molecule has 6 rings (SSSR count). The van der Waals surface area contributed by atoms with Crippen LogP contribution in [0.2, 0.25) is 0 Å². The molecule has 0 unspecified atom stereocenters. The van der Waals surface area contributed by atoms with Crippen LogP contribution in [0.25, 0.3) is 16.8 Å². The number of hydrogen-bond donors (Lipinski definition) is 2. The van der Waals surface area contributed by atoms with Gasteiger partial charge in [-0.2, -0.15) is 0 Å². The number of nitrogens with two attached hydrogens (primary N) is 1. The number of halogens is 1. The lowest BCUT2D eigenvalue weighted by Crippen LogP contribution is -2.40. The summed E-state index contributed by atoms with van der Waals surface area (Å²) in [6.07, 6.45) is 7.50. The first-order chi connectivity index (χ1) is 20.9. The highest BCUT2D eigenvalue weighted by Crippen LogP contribution is 2.46. The Morgan fingerprint density at radius 3 is 2.57 bits per heavy atom. The highest BCUT2D eigenvalue weighted by atomic mass is 19.1. The van der Waals surface area contributed by atoms with E-state index in [0.29, 0.717) is 40.3 Å². The summed E-state index contributed by atoms with van der Waals surface area (Å²) >= 11 is 0. The summed E-state index contributed by atoms with van der Waals surface area (Å²) in [4.78, 5) is 42.3. The van der Waals surface area contributed by atoms with Crippen molar-refractivity contribution in [1.29, 1.82) is 0 Å². The van der Waals surface area contributed by atoms with Crippen molar-refractivity contribution in [2.24, 2.45) is 5.73 Å². The summed E-state index contributed by atoms with van der Waals surface area (Å²) in [7, 11) is 0. The second kappa shape index (κ2) is 11.1. The minimum absolute atomic E-state index is 0.000546. The molecule has 1 amide bonds. The van der Waals surface area contributed by atoms with Gasteiger partial charge in [0.05, 0.1) is 11.8 Å². The van der Waals surface area contributed by atoms with Gasteiger partial charge in [0, 0.05) is 35.1 Å². The third-order valence-electron chi connectivity index (χ3n) is 8.53. The molecule has 3 N–H and O–H groups in total. The topological polar surface area (TPSA) is 129 Å². The van der Waals surface area contributed by atoms with E-state index in [1.807, 2.05) is 12.1 Å². The first kappa shape index (κ1) is 29.4. The SMILES string of the molecule is C[C@](O)(CCC(=O)c1ccc(C2=CCC(=O)C=C2)c(OC2CC2)c1)c1cc2c(c(-c3ccc(F)cc3)n1)OC[C@]2(C)C(N)=O. The molecule has 0 spiro atoms. The van der Waals surface area contributed by atoms with Crippen LogP contribution in [0.3, 0.4) is 0 Å². The summed E-state index contributed by atoms with van der Waals surface area (Å²) in [5, 5.41) is 11.7. The van der Waals surface area contributed by atoms with Crippen LogP contribution in [0.4, 0.5) is 4.39 Å². The second-order valence-electron chi connectivity index (χ2n) is 12.1. The predicted octanol–water partition coefficient (Wildman–Crippen LogP) is 5.35. The molecule has 2 aromatic carbocycles. The van der Waals surface area contributed by atoms with Gasteiger partial charge in [-0.15, -0.1) is 0 Å². The quantitative estimate of drug-likeness (QED) is 0.302. The van der Waals surface area contributed by atoms with E-state index >= 15 is 0 Å². The number of rotatable bonds is 10. The molecule has 2 heterocycles. The van der Waals surface area contributed by atoms with Gasteiger partial charge >= 0.3 is 0 Å². The number of fused-ring (bicyclic) bond motifs is 1. The Balaban J connectivity index is 1.28. The van der Waals surface area contributed by atoms with Gasteiger partial charge in [-0.3, -0.25) is 14.4 Å². The molecule has 2 atom stereocenters. The van der Waals surface area contributed by atoms with Crippen LogP contribution in [-0.4, -0.2) is 40.3 Å². The van der Waals surface area contributed by atoms with Crippen LogP contribution in [0.15, 0.2) is 66.8 Å². The van der Waals surface area contributed by atoms with E-state index in [-0.39, 0.29) is 42.8 Å². The number of pyridine rings is 1. The Bertz CT molecular complexity index is 1740. The van der Waals surface area contributed by atoms with Gasteiger partial charge < -0.3 is 20.3 Å². The monoisotopic (exact) mass is 596 g/mol. The van der Waals surface area contributed by atoms with Crippen LogP contribution in [0.5, 0.6) is 11.5 Å². The molecule has 1 aliphatic heterocycles. The molecule has 44 heavy (non-hydrogen) atoms. The first-order valence-electron chi connectivity index (χ1n) is 14.7. The molecule has 2 aliphatic carbocycles. The van der Waals surface area contributed by atoms with Gasteiger partial charge in [0.25, 0.3) is 0 Å². The van der Waals surface area contributed by atoms with Crippen molar-refractivity contribution in [2.75, 3.05) is 6.61 Å². The van der Waals surface area contributed by atoms with E-state index in [1.54, 1.807) is 56.3 Å². The van der Waals surface area contributed by atoms with Crippen molar-refractivity contribution < 1.29 is 33.4 Å². The predicted molar refractivity (Wildman–Crippen MR) is 162 cm³/mol. The number of aliphatic hydroxyl groups is 1. The number of carbonyl (C=O) groups excluding carboxylic acids is 3. The van der Waals surface area contributed by atoms with Crippen molar-refractivity contribution in [3.8, 4) is 22.8 Å². The number of allylic oxidation sites excluding steroid dienone is 4. The number of hydrogen-bond acceptors (Lipinski definition) is 7. The number of carbonyl (C=O) groups is 3. The summed E-state index contributed by atoms with van der Waals surface area (Å²) in [5.41, 5.74) is 6.76. The van der Waals surface area contributed by atoms with Crippen LogP contribution in [-0.2, 0) is 20.6 Å². The molecule has 1 fully saturated rings. The molecule has 0 radical (unpaired) electrons. The number of ketones is 2. The molecule has 0 saturated heterocycles. The lowest BCUT2D eigenvalue weighted by atomic mass is 9.81. The number of Topliss-reactive ketones (excluding diaryl/α,β-unsaturated/α-hetero) is 1. The fraction of sp³-hybridized carbons (Fsp3) is 0.314. The smallest absolute Gasteiger partial charge is 0.231 e. The Hall–Kier alpha value is -4.63. The summed E-state index contributed by atoms with van der Waals surface area (Å²) in [6, 6.07) is 12.6. The Morgan fingerprint density at radius 2 is 1.91 bits per heavy atom. The van der Waals surface area contributed by atoms with Gasteiger partial charge in [-0.05, 0) is 87.2 Å². The fourth-order valence-corrected chi connectivity index (χ4v) is 5.42. The fourth-order valence-electron chi connectivity index (χ4n) is 5.42. The number of benzene rings is 2. The highest BCUT2D eigenvalue weighted by molar-refractivity contribution is 6.00. The van der Waals surface area contributed by atoms with Crippen LogP contribution in [0, 0.1) is 5.82 Å². The number of amides is 1. The minimum Gasteiger partial charge on any atom is -0.490 e. The average Bonchev–Trinajstić information content (AvgIpc) is 3.76. The van der Waals surface area contributed by atoms with E-state index < -0.39 is 22.7 Å². The van der Waals surface area contributed by atoms with E-state index in [1.165, 1.54) is 12.1 Å². The van der Waals surface area contributed by atoms with Crippen molar-refractivity contribution in [2.45, 2.75) is 63.1 Å². The van der Waals surface area contributed by atoms with Gasteiger partial charge in [-0.1, -0.05) is 18.2 Å². The molecule has 1 aromatic heterocycles. The number of aromatic nitrogens is 1. The maximum atomic E-state index is 13.7. The standard InChI is InChI=1S/C35H33FN2O6/c1-34(33(37)41)19-43-32-27(34)18-30(38-31(32)21-3-8-23(36)9-4-21)35(2,42)16-15-28(40)22-7-14-26(20-5-10-24(39)11-6-20)29(17-22)44-25-12-13-25/h3-10,14,17-18,25,42H,11-13,15-16,19H2,1-2H3,(H2,37,41)/t34-,35-/m0/s1. The van der Waals surface area contributed by atoms with Crippen LogP contribution < -0.4 is 15.2 Å². The van der Waals surface area contributed by atoms with Crippen molar-refractivity contribution in [1.82, 2.24) is 4.98 Å². The highest BCUT2D eigenvalue weighted by Gasteiger charge is 2.45. The summed E-state index contributed by atoms with van der Waals surface area (Å²) < 4.78 is 25.7. The van der Waals surface area contributed by atoms with Crippen molar-refractivity contribution >= 4 is 23.0 Å². The van der Waals surface area contributed by atoms with E-state index in [0.717, 1.165) is 24.0 Å². The van der Waals surface area contributed by atoms with Crippen LogP contribution in [0.1, 0.15) is 73.1 Å². The van der Waals surface area contributed by atoms with E-state index in [4.69, 9.17) is 20.2 Å². The van der Waals surface area contributed by atoms with Gasteiger partial charge in [0.15, 0.2) is 11.6 Å². The van der Waals surface area contributed by atoms with E-state index in [2.05, 4.69) is 0 Å². The van der Waals surface area contributed by atoms with Gasteiger partial charge in [-0.25, -0.2) is 9.37 Å². The van der Waals surface area contributed by atoms with Crippen molar-refractivity contribution in [3.63, 3.8) is 0 Å². The van der Waals surface area contributed by atoms with Crippen molar-refractivity contribution in [3.05, 3.63) is 95.0 Å². The number of primary amides is 1. The third-order valence-corrected chi connectivity index (χ3v) is 8.53. The van der Waals surface area contributed by atoms with Crippen LogP contribution >= 0.6 is 0 Å². The average molecular weight is 597 g/mol. The maximum Gasteiger partial charge on any atom is 0.231 e. The molecular formula is C35H33FN2O6. The van der Waals surface area contributed by atoms with E-state index in [9.17, 15) is 23.9 Å². The molecule has 1 saturated carbocycles. The third kappa shape index (κ3) is 5.67. The Morgan fingerprint density at radius 1 is 1.16 bits per heavy atom. The Labute approximate surface area is 254 Å². The molecule has 226 valence electrons. The van der Waals surface area contributed by atoms with Gasteiger partial charge in [0.1, 0.15) is 40.6 Å². The lowest BCUT2D eigenvalue weighted by Gasteiger charge is -2.26. The number of ether oxygens (including phenoxy) is 2. The molecule has 0 bridgehead atoms. The summed E-state index contributed by atoms with van der Waals surface area (Å²) in [6.45, 7) is 3.23. The molecule has 9 heteroatoms. The zero-order chi connectivity index (χ0) is 31.2. The zero-order valence-corrected chi connectivity index (χ0v) is 24.6. The molecule has 3 aliphatic rings. The lowest BCUT2D eigenvalue weighted by molar-refractivity contribution is -0.123. The normalized spacial score (nSPS) is 20.4. The van der Waals surface area contributed by atoms with Gasteiger partial charge in [0.2, 0.25) is 5.91 Å². The first-order valence-corrected chi connectivity index (χ1v) is 14.7. The molecule has 3 aromatic rings. The zero-order valence-electron chi connectivity index (χ0n) is 24.6. The number of nitrogens with zero attached hydrogens (tertiary/aromatic N) is 1. The summed E-state index contributed by atoms with van der Waals surface area (Å²) in [5.74, 6) is -0.227. The second-order valence-corrected chi connectivity index (χ2v) is 12.1. The largest absolute Gasteiger partial charge is 0.490 e. The Kier molecular flexibility index (Phi) is 7.45. The maximum absolute atomic E-state index is 13.7. The minimum atomic E-state index is -1.57. The molecular weight excluding hydrogens is 563 g/mol. The molecule has 8 nitrogen and oxygen atoms in total.